The molecule has 2 N–H and O–H groups in total. The molecule has 3 nitrogen and oxygen atoms in total. The Balaban J connectivity index is 2.62. The van der Waals surface area contributed by atoms with E-state index >= 15 is 0 Å². The molecule has 0 fully saturated rings. The van der Waals surface area contributed by atoms with Gasteiger partial charge in [0.15, 0.2) is 0 Å². The average molecular weight is 283 g/mol. The van der Waals surface area contributed by atoms with Crippen LogP contribution in [-0.2, 0) is 6.54 Å². The summed E-state index contributed by atoms with van der Waals surface area (Å²) in [6, 6.07) is 4.69. The van der Waals surface area contributed by atoms with Gasteiger partial charge in [0, 0.05) is 24.6 Å². The van der Waals surface area contributed by atoms with Gasteiger partial charge in [0.1, 0.15) is 11.6 Å². The molecule has 0 amide bonds. The van der Waals surface area contributed by atoms with Gasteiger partial charge in [0.05, 0.1) is 12.2 Å². The zero-order valence-electron chi connectivity index (χ0n) is 13.1. The molecule has 114 valence electrons. The molecule has 0 spiro atoms. The normalized spacial score (nSPS) is 12.6. The first kappa shape index (κ1) is 16.9. The third kappa shape index (κ3) is 7.46. The minimum atomic E-state index is -0.774. The molecule has 0 heterocycles. The Labute approximate surface area is 121 Å². The molecule has 0 radical (unpaired) electrons. The fraction of sp³-hybridized carbons (Fsp3) is 0.625. The summed E-state index contributed by atoms with van der Waals surface area (Å²) < 4.78 is 19.1. The maximum Gasteiger partial charge on any atom is 0.127 e. The molecule has 4 heteroatoms. The summed E-state index contributed by atoms with van der Waals surface area (Å²) in [5, 5.41) is 12.9. The van der Waals surface area contributed by atoms with Gasteiger partial charge in [-0.15, -0.1) is 0 Å². The Hall–Kier alpha value is -1.13. The van der Waals surface area contributed by atoms with Crippen molar-refractivity contribution in [2.24, 2.45) is 0 Å². The van der Waals surface area contributed by atoms with Crippen molar-refractivity contribution in [2.45, 2.75) is 58.7 Å². The van der Waals surface area contributed by atoms with Crippen LogP contribution in [-0.4, -0.2) is 22.9 Å². The van der Waals surface area contributed by atoms with Crippen LogP contribution in [0.25, 0.3) is 0 Å². The van der Waals surface area contributed by atoms with Gasteiger partial charge in [-0.2, -0.15) is 0 Å². The zero-order chi connectivity index (χ0) is 15.4. The van der Waals surface area contributed by atoms with Crippen molar-refractivity contribution in [1.29, 1.82) is 0 Å². The fourth-order valence-corrected chi connectivity index (χ4v) is 1.59. The Morgan fingerprint density at radius 3 is 2.35 bits per heavy atom. The van der Waals surface area contributed by atoms with Crippen LogP contribution in [0.1, 0.15) is 46.6 Å². The van der Waals surface area contributed by atoms with Crippen molar-refractivity contribution in [3.8, 4) is 5.75 Å². The predicted molar refractivity (Wildman–Crippen MR) is 79.4 cm³/mol. The first-order valence-corrected chi connectivity index (χ1v) is 6.95. The number of halogens is 1. The Kier molecular flexibility index (Phi) is 5.54. The lowest BCUT2D eigenvalue weighted by Gasteiger charge is -2.21. The van der Waals surface area contributed by atoms with Crippen LogP contribution in [0, 0.1) is 5.82 Å². The van der Waals surface area contributed by atoms with Crippen LogP contribution < -0.4 is 10.1 Å². The number of aliphatic hydroxyl groups is 1. The van der Waals surface area contributed by atoms with E-state index < -0.39 is 5.60 Å². The van der Waals surface area contributed by atoms with Crippen molar-refractivity contribution in [3.05, 3.63) is 29.6 Å². The van der Waals surface area contributed by atoms with Crippen molar-refractivity contribution >= 4 is 0 Å². The van der Waals surface area contributed by atoms with Crippen LogP contribution in [0.15, 0.2) is 18.2 Å². The highest BCUT2D eigenvalue weighted by atomic mass is 19.1. The monoisotopic (exact) mass is 283 g/mol. The Morgan fingerprint density at radius 2 is 1.80 bits per heavy atom. The molecule has 20 heavy (non-hydrogen) atoms. The third-order valence-corrected chi connectivity index (χ3v) is 2.74. The Bertz CT molecular complexity index is 433. The van der Waals surface area contributed by atoms with Crippen LogP contribution in [0.5, 0.6) is 5.75 Å². The second kappa shape index (κ2) is 6.55. The quantitative estimate of drug-likeness (QED) is 0.842. The number of ether oxygens (including phenoxy) is 1. The summed E-state index contributed by atoms with van der Waals surface area (Å²) in [4.78, 5) is 0. The molecule has 1 aromatic carbocycles. The maximum absolute atomic E-state index is 13.6. The molecular formula is C16H26FNO2. The van der Waals surface area contributed by atoms with E-state index in [9.17, 15) is 9.50 Å². The summed E-state index contributed by atoms with van der Waals surface area (Å²) in [7, 11) is 0. The number of hydrogen-bond acceptors (Lipinski definition) is 3. The zero-order valence-corrected chi connectivity index (χ0v) is 13.1. The summed E-state index contributed by atoms with van der Waals surface area (Å²) in [6.45, 7) is 10.6. The molecule has 0 aromatic heterocycles. The van der Waals surface area contributed by atoms with E-state index in [1.54, 1.807) is 13.8 Å². The number of rotatable bonds is 6. The van der Waals surface area contributed by atoms with Gasteiger partial charge in [-0.05, 0) is 52.3 Å². The summed E-state index contributed by atoms with van der Waals surface area (Å²) in [6.07, 6.45) is 0.499. The first-order valence-electron chi connectivity index (χ1n) is 6.95. The summed E-state index contributed by atoms with van der Waals surface area (Å²) in [5.74, 6) is 0.191. The van der Waals surface area contributed by atoms with Gasteiger partial charge in [0.2, 0.25) is 0 Å². The van der Waals surface area contributed by atoms with Gasteiger partial charge >= 0.3 is 0 Å². The number of benzene rings is 1. The molecule has 0 atom stereocenters. The van der Waals surface area contributed by atoms with Gasteiger partial charge in [0.25, 0.3) is 0 Å². The predicted octanol–water partition coefficient (Wildman–Crippen LogP) is 3.25. The van der Waals surface area contributed by atoms with Crippen LogP contribution >= 0.6 is 0 Å². The highest BCUT2D eigenvalue weighted by molar-refractivity contribution is 5.29. The molecule has 0 saturated heterocycles. The largest absolute Gasteiger partial charge is 0.493 e. The van der Waals surface area contributed by atoms with E-state index in [1.807, 2.05) is 6.07 Å². The smallest absolute Gasteiger partial charge is 0.127 e. The number of nitrogens with one attached hydrogen (secondary N) is 1. The van der Waals surface area contributed by atoms with E-state index in [-0.39, 0.29) is 11.4 Å². The lowest BCUT2D eigenvalue weighted by atomic mass is 10.1. The molecule has 0 aliphatic carbocycles. The third-order valence-electron chi connectivity index (χ3n) is 2.74. The highest BCUT2D eigenvalue weighted by Crippen LogP contribution is 2.18. The Morgan fingerprint density at radius 1 is 1.15 bits per heavy atom. The molecular weight excluding hydrogens is 257 g/mol. The molecule has 1 rings (SSSR count). The molecule has 0 saturated carbocycles. The van der Waals surface area contributed by atoms with Gasteiger partial charge in [-0.1, -0.05) is 0 Å². The minimum Gasteiger partial charge on any atom is -0.493 e. The molecule has 0 bridgehead atoms. The SMILES string of the molecule is CC(C)(O)CCOc1cc(F)cc(CNC(C)(C)C)c1. The van der Waals surface area contributed by atoms with Crippen molar-refractivity contribution < 1.29 is 14.2 Å². The lowest BCUT2D eigenvalue weighted by molar-refractivity contribution is 0.0553. The van der Waals surface area contributed by atoms with E-state index in [0.29, 0.717) is 25.3 Å². The van der Waals surface area contributed by atoms with Gasteiger partial charge in [-0.3, -0.25) is 0 Å². The summed E-state index contributed by atoms with van der Waals surface area (Å²) in [5.41, 5.74) is 0.0521. The van der Waals surface area contributed by atoms with Gasteiger partial charge in [-0.25, -0.2) is 4.39 Å². The second-order valence-corrected chi connectivity index (χ2v) is 6.81. The lowest BCUT2D eigenvalue weighted by Crippen LogP contribution is -2.35. The van der Waals surface area contributed by atoms with E-state index in [1.165, 1.54) is 12.1 Å². The number of hydrogen-bond donors (Lipinski definition) is 2. The highest BCUT2D eigenvalue weighted by Gasteiger charge is 2.13. The van der Waals surface area contributed by atoms with E-state index in [4.69, 9.17) is 4.74 Å². The van der Waals surface area contributed by atoms with Crippen LogP contribution in [0.4, 0.5) is 4.39 Å². The molecule has 0 aliphatic heterocycles. The standard InChI is InChI=1S/C16H26FNO2/c1-15(2,3)18-11-12-8-13(17)10-14(9-12)20-7-6-16(4,5)19/h8-10,18-19H,6-7,11H2,1-5H3. The topological polar surface area (TPSA) is 41.5 Å². The second-order valence-electron chi connectivity index (χ2n) is 6.81. The van der Waals surface area contributed by atoms with E-state index in [2.05, 4.69) is 26.1 Å². The van der Waals surface area contributed by atoms with Crippen molar-refractivity contribution in [1.82, 2.24) is 5.32 Å². The molecule has 0 aliphatic rings. The summed E-state index contributed by atoms with van der Waals surface area (Å²) >= 11 is 0. The maximum atomic E-state index is 13.6. The van der Waals surface area contributed by atoms with Crippen LogP contribution in [0.2, 0.25) is 0 Å². The minimum absolute atomic E-state index is 0.0196. The molecule has 0 unspecified atom stereocenters. The van der Waals surface area contributed by atoms with Crippen molar-refractivity contribution in [2.75, 3.05) is 6.61 Å². The first-order chi connectivity index (χ1) is 9.05. The van der Waals surface area contributed by atoms with E-state index in [0.717, 1.165) is 5.56 Å². The average Bonchev–Trinajstić information content (AvgIpc) is 2.23. The van der Waals surface area contributed by atoms with Gasteiger partial charge < -0.3 is 15.2 Å². The fourth-order valence-electron chi connectivity index (χ4n) is 1.59. The molecule has 1 aromatic rings. The van der Waals surface area contributed by atoms with Crippen molar-refractivity contribution in [3.63, 3.8) is 0 Å². The van der Waals surface area contributed by atoms with Crippen LogP contribution in [0.3, 0.4) is 0 Å².